The van der Waals surface area contributed by atoms with Crippen LogP contribution in [0.4, 0.5) is 0 Å². The third kappa shape index (κ3) is 2.82. The molecule has 1 aliphatic rings. The molecule has 1 fully saturated rings. The lowest BCUT2D eigenvalue weighted by molar-refractivity contribution is 0.235. The molecule has 2 heterocycles. The number of thioether (sulfide) groups is 1. The third-order valence-electron chi connectivity index (χ3n) is 4.13. The van der Waals surface area contributed by atoms with Gasteiger partial charge in [0, 0.05) is 41.7 Å². The van der Waals surface area contributed by atoms with E-state index in [-0.39, 0.29) is 6.04 Å². The Hall–Kier alpha value is -1.10. The SMILES string of the molecule is CN1CCSCC1C(N)Cc1ccnc2ccccc12. The van der Waals surface area contributed by atoms with Crippen LogP contribution in [-0.2, 0) is 6.42 Å². The number of benzene rings is 1. The van der Waals surface area contributed by atoms with Crippen molar-refractivity contribution in [2.45, 2.75) is 18.5 Å². The molecule has 0 amide bonds. The van der Waals surface area contributed by atoms with E-state index in [9.17, 15) is 0 Å². The summed E-state index contributed by atoms with van der Waals surface area (Å²) in [5.74, 6) is 2.36. The van der Waals surface area contributed by atoms with E-state index in [0.717, 1.165) is 24.2 Å². The van der Waals surface area contributed by atoms with Crippen LogP contribution < -0.4 is 5.73 Å². The molecule has 1 aromatic carbocycles. The Morgan fingerprint density at radius 3 is 3.10 bits per heavy atom. The van der Waals surface area contributed by atoms with Gasteiger partial charge in [-0.1, -0.05) is 18.2 Å². The van der Waals surface area contributed by atoms with E-state index in [1.54, 1.807) is 0 Å². The highest BCUT2D eigenvalue weighted by Gasteiger charge is 2.25. The summed E-state index contributed by atoms with van der Waals surface area (Å²) >= 11 is 2.02. The van der Waals surface area contributed by atoms with Crippen LogP contribution in [-0.4, -0.2) is 47.1 Å². The highest BCUT2D eigenvalue weighted by Crippen LogP contribution is 2.22. The Bertz CT molecular complexity index is 581. The van der Waals surface area contributed by atoms with Crippen LogP contribution in [0.5, 0.6) is 0 Å². The summed E-state index contributed by atoms with van der Waals surface area (Å²) in [6.45, 7) is 1.14. The normalized spacial score (nSPS) is 22.0. The number of nitrogens with zero attached hydrogens (tertiary/aromatic N) is 2. The summed E-state index contributed by atoms with van der Waals surface area (Å²) in [4.78, 5) is 6.83. The van der Waals surface area contributed by atoms with Gasteiger partial charge in [0.2, 0.25) is 0 Å². The molecule has 2 atom stereocenters. The molecule has 1 aliphatic heterocycles. The van der Waals surface area contributed by atoms with Crippen molar-refractivity contribution in [3.8, 4) is 0 Å². The third-order valence-corrected chi connectivity index (χ3v) is 5.18. The fourth-order valence-electron chi connectivity index (χ4n) is 2.88. The van der Waals surface area contributed by atoms with Crippen LogP contribution in [0, 0.1) is 0 Å². The number of pyridine rings is 1. The second-order valence-corrected chi connectivity index (χ2v) is 6.63. The van der Waals surface area contributed by atoms with Crippen molar-refractivity contribution >= 4 is 22.7 Å². The first-order valence-corrected chi connectivity index (χ1v) is 8.27. The van der Waals surface area contributed by atoms with Crippen molar-refractivity contribution in [1.29, 1.82) is 0 Å². The van der Waals surface area contributed by atoms with Gasteiger partial charge in [-0.25, -0.2) is 0 Å². The monoisotopic (exact) mass is 287 g/mol. The van der Waals surface area contributed by atoms with Gasteiger partial charge in [0.25, 0.3) is 0 Å². The molecule has 2 unspecified atom stereocenters. The van der Waals surface area contributed by atoms with E-state index in [1.165, 1.54) is 16.7 Å². The highest BCUT2D eigenvalue weighted by molar-refractivity contribution is 7.99. The van der Waals surface area contributed by atoms with E-state index in [2.05, 4.69) is 41.2 Å². The lowest BCUT2D eigenvalue weighted by Gasteiger charge is -2.36. The molecule has 2 aromatic rings. The predicted octanol–water partition coefficient (Wildman–Crippen LogP) is 2.15. The summed E-state index contributed by atoms with van der Waals surface area (Å²) < 4.78 is 0. The van der Waals surface area contributed by atoms with Crippen LogP contribution >= 0.6 is 11.8 Å². The van der Waals surface area contributed by atoms with Crippen LogP contribution in [0.25, 0.3) is 10.9 Å². The first-order chi connectivity index (χ1) is 9.75. The predicted molar refractivity (Wildman–Crippen MR) is 87.2 cm³/mol. The van der Waals surface area contributed by atoms with Crippen LogP contribution in [0.2, 0.25) is 0 Å². The zero-order chi connectivity index (χ0) is 13.9. The molecule has 0 spiro atoms. The molecule has 0 aliphatic carbocycles. The van der Waals surface area contributed by atoms with Crippen molar-refractivity contribution < 1.29 is 0 Å². The number of para-hydroxylation sites is 1. The Kier molecular flexibility index (Phi) is 4.24. The summed E-state index contributed by atoms with van der Waals surface area (Å²) in [6.07, 6.45) is 2.81. The second kappa shape index (κ2) is 6.12. The average Bonchev–Trinajstić information content (AvgIpc) is 2.48. The van der Waals surface area contributed by atoms with Gasteiger partial charge in [0.05, 0.1) is 5.52 Å². The summed E-state index contributed by atoms with van der Waals surface area (Å²) in [5.41, 5.74) is 8.86. The molecule has 0 saturated carbocycles. The number of hydrogen-bond donors (Lipinski definition) is 1. The van der Waals surface area contributed by atoms with E-state index >= 15 is 0 Å². The van der Waals surface area contributed by atoms with Crippen molar-refractivity contribution in [2.75, 3.05) is 25.1 Å². The zero-order valence-corrected chi connectivity index (χ0v) is 12.6. The van der Waals surface area contributed by atoms with E-state index in [0.29, 0.717) is 6.04 Å². The topological polar surface area (TPSA) is 42.1 Å². The lowest BCUT2D eigenvalue weighted by Crippen LogP contribution is -2.51. The highest BCUT2D eigenvalue weighted by atomic mass is 32.2. The van der Waals surface area contributed by atoms with Gasteiger partial charge >= 0.3 is 0 Å². The fraction of sp³-hybridized carbons (Fsp3) is 0.438. The van der Waals surface area contributed by atoms with E-state index in [1.807, 2.05) is 24.0 Å². The molecule has 1 aromatic heterocycles. The number of likely N-dealkylation sites (N-methyl/N-ethyl adjacent to an activating group) is 1. The summed E-state index contributed by atoms with van der Waals surface area (Å²) in [7, 11) is 2.19. The molecule has 4 heteroatoms. The second-order valence-electron chi connectivity index (χ2n) is 5.48. The Labute approximate surface area is 124 Å². The van der Waals surface area contributed by atoms with Gasteiger partial charge in [0.15, 0.2) is 0 Å². The largest absolute Gasteiger partial charge is 0.326 e. The lowest BCUT2D eigenvalue weighted by atomic mass is 9.97. The van der Waals surface area contributed by atoms with Gasteiger partial charge in [-0.2, -0.15) is 11.8 Å². The number of aromatic nitrogens is 1. The molecule has 0 radical (unpaired) electrons. The van der Waals surface area contributed by atoms with Crippen molar-refractivity contribution in [3.63, 3.8) is 0 Å². The molecule has 3 nitrogen and oxygen atoms in total. The first kappa shape index (κ1) is 13.9. The Morgan fingerprint density at radius 1 is 1.40 bits per heavy atom. The molecule has 0 bridgehead atoms. The zero-order valence-electron chi connectivity index (χ0n) is 11.8. The van der Waals surface area contributed by atoms with Crippen molar-refractivity contribution in [2.24, 2.45) is 5.73 Å². The van der Waals surface area contributed by atoms with Crippen LogP contribution in [0.3, 0.4) is 0 Å². The van der Waals surface area contributed by atoms with Gasteiger partial charge < -0.3 is 10.6 Å². The van der Waals surface area contributed by atoms with E-state index in [4.69, 9.17) is 5.73 Å². The number of fused-ring (bicyclic) bond motifs is 1. The first-order valence-electron chi connectivity index (χ1n) is 7.12. The van der Waals surface area contributed by atoms with Crippen LogP contribution in [0.15, 0.2) is 36.5 Å². The quantitative estimate of drug-likeness (QED) is 0.939. The molecule has 1 saturated heterocycles. The van der Waals surface area contributed by atoms with Gasteiger partial charge in [-0.05, 0) is 31.2 Å². The van der Waals surface area contributed by atoms with Gasteiger partial charge in [-0.3, -0.25) is 4.98 Å². The number of nitrogens with two attached hydrogens (primary N) is 1. The Morgan fingerprint density at radius 2 is 2.25 bits per heavy atom. The van der Waals surface area contributed by atoms with Crippen molar-refractivity contribution in [3.05, 3.63) is 42.1 Å². The molecule has 20 heavy (non-hydrogen) atoms. The van der Waals surface area contributed by atoms with E-state index < -0.39 is 0 Å². The minimum Gasteiger partial charge on any atom is -0.326 e. The van der Waals surface area contributed by atoms with Gasteiger partial charge in [0.1, 0.15) is 0 Å². The average molecular weight is 287 g/mol. The maximum Gasteiger partial charge on any atom is 0.0704 e. The van der Waals surface area contributed by atoms with Gasteiger partial charge in [-0.15, -0.1) is 0 Å². The fourth-order valence-corrected chi connectivity index (χ4v) is 4.21. The minimum atomic E-state index is 0.179. The maximum atomic E-state index is 6.49. The molecule has 2 N–H and O–H groups in total. The maximum absolute atomic E-state index is 6.49. The standard InChI is InChI=1S/C16H21N3S/c1-19-8-9-20-11-16(19)14(17)10-12-6-7-18-15-5-3-2-4-13(12)15/h2-7,14,16H,8-11,17H2,1H3. The smallest absolute Gasteiger partial charge is 0.0704 e. The summed E-state index contributed by atoms with van der Waals surface area (Å²) in [5, 5.41) is 1.23. The molecular weight excluding hydrogens is 266 g/mol. The molecular formula is C16H21N3S. The summed E-state index contributed by atoms with van der Waals surface area (Å²) in [6, 6.07) is 11.1. The number of hydrogen-bond acceptors (Lipinski definition) is 4. The Balaban J connectivity index is 1.82. The minimum absolute atomic E-state index is 0.179. The molecule has 3 rings (SSSR count). The molecule has 106 valence electrons. The van der Waals surface area contributed by atoms with Crippen molar-refractivity contribution in [1.82, 2.24) is 9.88 Å². The number of rotatable bonds is 3. The van der Waals surface area contributed by atoms with Crippen LogP contribution in [0.1, 0.15) is 5.56 Å².